The van der Waals surface area contributed by atoms with Crippen LogP contribution < -0.4 is 0 Å². The van der Waals surface area contributed by atoms with Gasteiger partial charge in [0.1, 0.15) is 0 Å². The molecule has 0 radical (unpaired) electrons. The number of hydrogen-bond donors (Lipinski definition) is 0. The van der Waals surface area contributed by atoms with Gasteiger partial charge in [0, 0.05) is 57.7 Å². The van der Waals surface area contributed by atoms with E-state index in [1.807, 2.05) is 43.1 Å². The molecule has 0 aliphatic carbocycles. The van der Waals surface area contributed by atoms with E-state index < -0.39 is 0 Å². The van der Waals surface area contributed by atoms with E-state index in [0.29, 0.717) is 0 Å². The number of amides is 1. The van der Waals surface area contributed by atoms with Gasteiger partial charge in [0.25, 0.3) is 5.91 Å². The van der Waals surface area contributed by atoms with Gasteiger partial charge >= 0.3 is 0 Å². The second-order valence-electron chi connectivity index (χ2n) is 6.12. The van der Waals surface area contributed by atoms with Gasteiger partial charge in [-0.3, -0.25) is 9.69 Å². The topological polar surface area (TPSA) is 28.5 Å². The Balaban J connectivity index is 1.55. The van der Waals surface area contributed by atoms with Crippen molar-refractivity contribution in [2.45, 2.75) is 13.5 Å². The van der Waals surface area contributed by atoms with Crippen molar-refractivity contribution in [3.8, 4) is 0 Å². The van der Waals surface area contributed by atoms with Crippen LogP contribution >= 0.6 is 0 Å². The van der Waals surface area contributed by atoms with E-state index in [1.165, 1.54) is 11.1 Å². The summed E-state index contributed by atoms with van der Waals surface area (Å²) in [5.74, 6) is 0.152. The average molecular weight is 297 g/mol. The molecule has 1 saturated heterocycles. The molecule has 4 heteroatoms. The van der Waals surface area contributed by atoms with Crippen molar-refractivity contribution in [2.75, 3.05) is 26.2 Å². The number of rotatable bonds is 3. The minimum absolute atomic E-state index is 0.152. The fourth-order valence-electron chi connectivity index (χ4n) is 2.90. The number of carbonyl (C=O) groups excluding carboxylic acids is 1. The number of carbonyl (C=O) groups is 1. The van der Waals surface area contributed by atoms with E-state index >= 15 is 0 Å². The number of aryl methyl sites for hydroxylation is 2. The molecular formula is C18H23N3O. The first-order valence-electron chi connectivity index (χ1n) is 7.81. The molecule has 0 spiro atoms. The van der Waals surface area contributed by atoms with Crippen LogP contribution in [-0.2, 0) is 13.6 Å². The lowest BCUT2D eigenvalue weighted by molar-refractivity contribution is 0.0628. The van der Waals surface area contributed by atoms with E-state index in [2.05, 4.69) is 27.9 Å². The number of benzene rings is 1. The molecule has 4 nitrogen and oxygen atoms in total. The van der Waals surface area contributed by atoms with Crippen LogP contribution in [0.2, 0.25) is 0 Å². The quantitative estimate of drug-likeness (QED) is 0.869. The molecule has 2 aromatic rings. The van der Waals surface area contributed by atoms with E-state index in [-0.39, 0.29) is 5.91 Å². The largest absolute Gasteiger partial charge is 0.357 e. The van der Waals surface area contributed by atoms with Gasteiger partial charge in [0.05, 0.1) is 0 Å². The lowest BCUT2D eigenvalue weighted by Crippen LogP contribution is -2.48. The highest BCUT2D eigenvalue weighted by molar-refractivity contribution is 5.94. The summed E-state index contributed by atoms with van der Waals surface area (Å²) in [5, 5.41) is 0. The third-order valence-corrected chi connectivity index (χ3v) is 4.26. The highest BCUT2D eigenvalue weighted by atomic mass is 16.2. The minimum Gasteiger partial charge on any atom is -0.357 e. The summed E-state index contributed by atoms with van der Waals surface area (Å²) in [6.07, 6.45) is 4.23. The number of hydrogen-bond acceptors (Lipinski definition) is 2. The van der Waals surface area contributed by atoms with Gasteiger partial charge in [-0.05, 0) is 30.7 Å². The van der Waals surface area contributed by atoms with Gasteiger partial charge in [0.2, 0.25) is 0 Å². The Morgan fingerprint density at radius 1 is 1.05 bits per heavy atom. The highest BCUT2D eigenvalue weighted by Crippen LogP contribution is 2.12. The second kappa shape index (κ2) is 6.36. The van der Waals surface area contributed by atoms with Gasteiger partial charge < -0.3 is 9.47 Å². The van der Waals surface area contributed by atoms with Crippen LogP contribution in [0.3, 0.4) is 0 Å². The molecule has 116 valence electrons. The van der Waals surface area contributed by atoms with E-state index in [4.69, 9.17) is 0 Å². The van der Waals surface area contributed by atoms with Crippen LogP contribution in [-0.4, -0.2) is 46.5 Å². The Labute approximate surface area is 132 Å². The Morgan fingerprint density at radius 3 is 2.32 bits per heavy atom. The fraction of sp³-hybridized carbons (Fsp3) is 0.389. The summed E-state index contributed by atoms with van der Waals surface area (Å²) in [6.45, 7) is 6.49. The van der Waals surface area contributed by atoms with Gasteiger partial charge in [0.15, 0.2) is 0 Å². The van der Waals surface area contributed by atoms with Gasteiger partial charge in [-0.15, -0.1) is 0 Å². The molecule has 1 aliphatic heterocycles. The zero-order chi connectivity index (χ0) is 15.5. The summed E-state index contributed by atoms with van der Waals surface area (Å²) < 4.78 is 2.08. The first-order valence-corrected chi connectivity index (χ1v) is 7.81. The molecule has 22 heavy (non-hydrogen) atoms. The second-order valence-corrected chi connectivity index (χ2v) is 6.12. The molecule has 1 amide bonds. The Bertz CT molecular complexity index is 637. The molecule has 2 heterocycles. The predicted molar refractivity (Wildman–Crippen MR) is 87.8 cm³/mol. The first kappa shape index (κ1) is 14.9. The fourth-order valence-corrected chi connectivity index (χ4v) is 2.90. The van der Waals surface area contributed by atoms with E-state index in [1.54, 1.807) is 0 Å². The maximum atomic E-state index is 12.5. The maximum absolute atomic E-state index is 12.5. The molecule has 1 aliphatic rings. The van der Waals surface area contributed by atoms with E-state index in [0.717, 1.165) is 38.3 Å². The summed E-state index contributed by atoms with van der Waals surface area (Å²) in [5.41, 5.74) is 3.31. The maximum Gasteiger partial charge on any atom is 0.253 e. The highest BCUT2D eigenvalue weighted by Gasteiger charge is 2.22. The molecule has 3 rings (SSSR count). The lowest BCUT2D eigenvalue weighted by Gasteiger charge is -2.34. The molecule has 1 aromatic carbocycles. The van der Waals surface area contributed by atoms with Crippen LogP contribution in [0.15, 0.2) is 42.7 Å². The summed E-state index contributed by atoms with van der Waals surface area (Å²) in [7, 11) is 2.04. The molecule has 0 saturated carbocycles. The summed E-state index contributed by atoms with van der Waals surface area (Å²) >= 11 is 0. The van der Waals surface area contributed by atoms with Crippen molar-refractivity contribution in [3.05, 3.63) is 59.4 Å². The number of nitrogens with zero attached hydrogens (tertiary/aromatic N) is 3. The Morgan fingerprint density at radius 2 is 1.73 bits per heavy atom. The van der Waals surface area contributed by atoms with Crippen molar-refractivity contribution < 1.29 is 4.79 Å². The molecule has 0 bridgehead atoms. The van der Waals surface area contributed by atoms with Crippen molar-refractivity contribution in [3.63, 3.8) is 0 Å². The van der Waals surface area contributed by atoms with Gasteiger partial charge in [-0.1, -0.05) is 17.7 Å². The molecule has 0 unspecified atom stereocenters. The van der Waals surface area contributed by atoms with Crippen LogP contribution in [0.25, 0.3) is 0 Å². The Hall–Kier alpha value is -2.07. The van der Waals surface area contributed by atoms with Crippen LogP contribution in [0.5, 0.6) is 0 Å². The molecule has 1 aromatic heterocycles. The SMILES string of the molecule is Cc1ccc(C(=O)N2CCN(Cc3ccn(C)c3)CC2)cc1. The molecule has 0 atom stereocenters. The molecule has 0 N–H and O–H groups in total. The zero-order valence-corrected chi connectivity index (χ0v) is 13.3. The van der Waals surface area contributed by atoms with Crippen molar-refractivity contribution >= 4 is 5.91 Å². The lowest BCUT2D eigenvalue weighted by atomic mass is 10.1. The van der Waals surface area contributed by atoms with Crippen molar-refractivity contribution in [2.24, 2.45) is 7.05 Å². The third kappa shape index (κ3) is 3.39. The van der Waals surface area contributed by atoms with Crippen LogP contribution in [0, 0.1) is 6.92 Å². The number of aromatic nitrogens is 1. The monoisotopic (exact) mass is 297 g/mol. The van der Waals surface area contributed by atoms with Gasteiger partial charge in [-0.2, -0.15) is 0 Å². The average Bonchev–Trinajstić information content (AvgIpc) is 2.93. The number of piperazine rings is 1. The summed E-state index contributed by atoms with van der Waals surface area (Å²) in [4.78, 5) is 16.9. The van der Waals surface area contributed by atoms with Gasteiger partial charge in [-0.25, -0.2) is 0 Å². The third-order valence-electron chi connectivity index (χ3n) is 4.26. The normalized spacial score (nSPS) is 16.0. The first-order chi connectivity index (χ1) is 10.6. The predicted octanol–water partition coefficient (Wildman–Crippen LogP) is 2.29. The molecular weight excluding hydrogens is 274 g/mol. The van der Waals surface area contributed by atoms with Crippen LogP contribution in [0.1, 0.15) is 21.5 Å². The smallest absolute Gasteiger partial charge is 0.253 e. The molecule has 1 fully saturated rings. The Kier molecular flexibility index (Phi) is 4.29. The standard InChI is InChI=1S/C18H23N3O/c1-15-3-5-17(6-4-15)18(22)21-11-9-20(10-12-21)14-16-7-8-19(2)13-16/h3-8,13H,9-12,14H2,1-2H3. The van der Waals surface area contributed by atoms with Crippen molar-refractivity contribution in [1.29, 1.82) is 0 Å². The van der Waals surface area contributed by atoms with Crippen LogP contribution in [0.4, 0.5) is 0 Å². The minimum atomic E-state index is 0.152. The zero-order valence-electron chi connectivity index (χ0n) is 13.3. The van der Waals surface area contributed by atoms with Crippen molar-refractivity contribution in [1.82, 2.24) is 14.4 Å². The van der Waals surface area contributed by atoms with E-state index in [9.17, 15) is 4.79 Å². The summed E-state index contributed by atoms with van der Waals surface area (Å²) in [6, 6.07) is 10.0.